The average Bonchev–Trinajstić information content (AvgIpc) is 2.39. The molecule has 1 unspecified atom stereocenters. The third kappa shape index (κ3) is 2.96. The molecule has 1 aromatic rings. The van der Waals surface area contributed by atoms with Crippen LogP contribution in [-0.2, 0) is 6.54 Å². The highest BCUT2D eigenvalue weighted by Gasteiger charge is 2.23. The lowest BCUT2D eigenvalue weighted by atomic mass is 9.92. The van der Waals surface area contributed by atoms with Gasteiger partial charge in [0.15, 0.2) is 0 Å². The van der Waals surface area contributed by atoms with E-state index in [-0.39, 0.29) is 6.10 Å². The first-order chi connectivity index (χ1) is 8.20. The van der Waals surface area contributed by atoms with Gasteiger partial charge in [-0.25, -0.2) is 4.98 Å². The van der Waals surface area contributed by atoms with Crippen LogP contribution in [0.3, 0.4) is 0 Å². The van der Waals surface area contributed by atoms with Crippen molar-refractivity contribution in [1.82, 2.24) is 4.98 Å². The van der Waals surface area contributed by atoms with Crippen LogP contribution in [-0.4, -0.2) is 29.3 Å². The topological polar surface area (TPSA) is 62.4 Å². The molecule has 4 nitrogen and oxygen atoms in total. The maximum Gasteiger partial charge on any atom is 0.128 e. The van der Waals surface area contributed by atoms with Gasteiger partial charge in [0, 0.05) is 25.8 Å². The molecule has 0 radical (unpaired) electrons. The first-order valence-electron chi connectivity index (χ1n) is 6.28. The molecule has 1 aliphatic rings. The van der Waals surface area contributed by atoms with Crippen molar-refractivity contribution in [3.63, 3.8) is 0 Å². The summed E-state index contributed by atoms with van der Waals surface area (Å²) in [6.45, 7) is 4.38. The van der Waals surface area contributed by atoms with Crippen molar-refractivity contribution in [2.24, 2.45) is 11.7 Å². The highest BCUT2D eigenvalue weighted by molar-refractivity contribution is 5.39. The fourth-order valence-electron chi connectivity index (χ4n) is 2.34. The van der Waals surface area contributed by atoms with Crippen LogP contribution in [0.5, 0.6) is 0 Å². The van der Waals surface area contributed by atoms with Crippen LogP contribution in [0, 0.1) is 5.92 Å². The van der Waals surface area contributed by atoms with Gasteiger partial charge in [-0.15, -0.1) is 0 Å². The van der Waals surface area contributed by atoms with Crippen molar-refractivity contribution < 1.29 is 5.11 Å². The van der Waals surface area contributed by atoms with Gasteiger partial charge >= 0.3 is 0 Å². The van der Waals surface area contributed by atoms with Gasteiger partial charge in [0.1, 0.15) is 5.82 Å². The molecule has 1 aromatic heterocycles. The van der Waals surface area contributed by atoms with Crippen molar-refractivity contribution in [3.05, 3.63) is 23.9 Å². The molecule has 1 fully saturated rings. The van der Waals surface area contributed by atoms with Crippen LogP contribution >= 0.6 is 0 Å². The van der Waals surface area contributed by atoms with Crippen LogP contribution in [0.15, 0.2) is 18.3 Å². The number of pyridine rings is 1. The maximum absolute atomic E-state index is 9.55. The van der Waals surface area contributed by atoms with E-state index in [0.29, 0.717) is 12.5 Å². The van der Waals surface area contributed by atoms with Crippen LogP contribution in [0.25, 0.3) is 0 Å². The molecule has 0 amide bonds. The zero-order chi connectivity index (χ0) is 12.3. The van der Waals surface area contributed by atoms with Gasteiger partial charge in [-0.2, -0.15) is 0 Å². The van der Waals surface area contributed by atoms with Crippen molar-refractivity contribution in [2.75, 3.05) is 18.0 Å². The van der Waals surface area contributed by atoms with Crippen molar-refractivity contribution in [3.8, 4) is 0 Å². The minimum Gasteiger partial charge on any atom is -0.393 e. The molecule has 1 aliphatic heterocycles. The normalized spacial score (nSPS) is 19.4. The molecule has 3 N–H and O–H groups in total. The quantitative estimate of drug-likeness (QED) is 0.824. The number of anilines is 1. The number of nitrogens with two attached hydrogens (primary N) is 1. The Morgan fingerprint density at radius 2 is 2.18 bits per heavy atom. The van der Waals surface area contributed by atoms with E-state index in [4.69, 9.17) is 5.73 Å². The smallest absolute Gasteiger partial charge is 0.128 e. The van der Waals surface area contributed by atoms with Crippen molar-refractivity contribution in [2.45, 2.75) is 32.4 Å². The first kappa shape index (κ1) is 12.3. The summed E-state index contributed by atoms with van der Waals surface area (Å²) in [5.41, 5.74) is 6.61. The SMILES string of the molecule is CC(O)C1CCN(c2ccc(CN)cn2)CC1. The Morgan fingerprint density at radius 3 is 2.65 bits per heavy atom. The Morgan fingerprint density at radius 1 is 1.47 bits per heavy atom. The van der Waals surface area contributed by atoms with E-state index in [1.807, 2.05) is 25.3 Å². The summed E-state index contributed by atoms with van der Waals surface area (Å²) >= 11 is 0. The Labute approximate surface area is 102 Å². The second kappa shape index (κ2) is 5.47. The lowest BCUT2D eigenvalue weighted by Gasteiger charge is -2.34. The monoisotopic (exact) mass is 235 g/mol. The molecule has 2 rings (SSSR count). The summed E-state index contributed by atoms with van der Waals surface area (Å²) in [5.74, 6) is 1.46. The molecule has 0 bridgehead atoms. The summed E-state index contributed by atoms with van der Waals surface area (Å²) in [6, 6.07) is 4.06. The third-order valence-corrected chi connectivity index (χ3v) is 3.59. The van der Waals surface area contributed by atoms with Gasteiger partial charge in [0.05, 0.1) is 6.10 Å². The molecule has 94 valence electrons. The van der Waals surface area contributed by atoms with Crippen molar-refractivity contribution in [1.29, 1.82) is 0 Å². The Bertz CT molecular complexity index is 342. The highest BCUT2D eigenvalue weighted by Crippen LogP contribution is 2.23. The lowest BCUT2D eigenvalue weighted by molar-refractivity contribution is 0.110. The van der Waals surface area contributed by atoms with E-state index >= 15 is 0 Å². The zero-order valence-electron chi connectivity index (χ0n) is 10.3. The predicted octanol–water partition coefficient (Wildman–Crippen LogP) is 1.14. The summed E-state index contributed by atoms with van der Waals surface area (Å²) in [5, 5.41) is 9.55. The Hall–Kier alpha value is -1.13. The summed E-state index contributed by atoms with van der Waals surface area (Å²) in [7, 11) is 0. The largest absolute Gasteiger partial charge is 0.393 e. The molecule has 0 saturated carbocycles. The van der Waals surface area contributed by atoms with Gasteiger partial charge in [-0.1, -0.05) is 6.07 Å². The number of nitrogens with zero attached hydrogens (tertiary/aromatic N) is 2. The van der Waals surface area contributed by atoms with Crippen LogP contribution in [0.2, 0.25) is 0 Å². The number of aliphatic hydroxyl groups is 1. The van der Waals surface area contributed by atoms with Gasteiger partial charge in [-0.05, 0) is 37.3 Å². The van der Waals surface area contributed by atoms with E-state index in [9.17, 15) is 5.11 Å². The molecule has 17 heavy (non-hydrogen) atoms. The molecular formula is C13H21N3O. The van der Waals surface area contributed by atoms with Gasteiger partial charge in [0.25, 0.3) is 0 Å². The molecule has 0 spiro atoms. The number of rotatable bonds is 3. The molecular weight excluding hydrogens is 214 g/mol. The maximum atomic E-state index is 9.55. The highest BCUT2D eigenvalue weighted by atomic mass is 16.3. The van der Waals surface area contributed by atoms with Crippen LogP contribution in [0.4, 0.5) is 5.82 Å². The van der Waals surface area contributed by atoms with E-state index in [1.54, 1.807) is 0 Å². The molecule has 0 aliphatic carbocycles. The zero-order valence-corrected chi connectivity index (χ0v) is 10.3. The van der Waals surface area contributed by atoms with E-state index in [0.717, 1.165) is 37.3 Å². The second-order valence-corrected chi connectivity index (χ2v) is 4.79. The summed E-state index contributed by atoms with van der Waals surface area (Å²) in [6.07, 6.45) is 3.73. The van der Waals surface area contributed by atoms with E-state index < -0.39 is 0 Å². The van der Waals surface area contributed by atoms with Crippen LogP contribution < -0.4 is 10.6 Å². The molecule has 0 aromatic carbocycles. The van der Waals surface area contributed by atoms with E-state index in [2.05, 4.69) is 9.88 Å². The number of aliphatic hydroxyl groups excluding tert-OH is 1. The van der Waals surface area contributed by atoms with E-state index in [1.165, 1.54) is 0 Å². The van der Waals surface area contributed by atoms with Gasteiger partial charge < -0.3 is 15.7 Å². The number of hydrogen-bond donors (Lipinski definition) is 2. The standard InChI is InChI=1S/C13H21N3O/c1-10(17)12-4-6-16(7-5-12)13-3-2-11(8-14)9-15-13/h2-3,9-10,12,17H,4-8,14H2,1H3. The van der Waals surface area contributed by atoms with Crippen LogP contribution in [0.1, 0.15) is 25.3 Å². The molecule has 1 saturated heterocycles. The van der Waals surface area contributed by atoms with Gasteiger partial charge in [0.2, 0.25) is 0 Å². The molecule has 1 atom stereocenters. The number of hydrogen-bond acceptors (Lipinski definition) is 4. The fraction of sp³-hybridized carbons (Fsp3) is 0.615. The first-order valence-corrected chi connectivity index (χ1v) is 6.28. The minimum absolute atomic E-state index is 0.190. The molecule has 2 heterocycles. The Kier molecular flexibility index (Phi) is 3.97. The molecule has 4 heteroatoms. The predicted molar refractivity (Wildman–Crippen MR) is 68.7 cm³/mol. The second-order valence-electron chi connectivity index (χ2n) is 4.79. The minimum atomic E-state index is -0.190. The van der Waals surface area contributed by atoms with Crippen molar-refractivity contribution >= 4 is 5.82 Å². The van der Waals surface area contributed by atoms with Gasteiger partial charge in [-0.3, -0.25) is 0 Å². The third-order valence-electron chi connectivity index (χ3n) is 3.59. The fourth-order valence-corrected chi connectivity index (χ4v) is 2.34. The Balaban J connectivity index is 1.95. The summed E-state index contributed by atoms with van der Waals surface area (Å²) < 4.78 is 0. The lowest BCUT2D eigenvalue weighted by Crippen LogP contribution is -2.37. The number of aromatic nitrogens is 1. The number of piperidine rings is 1. The average molecular weight is 235 g/mol. The summed E-state index contributed by atoms with van der Waals surface area (Å²) in [4.78, 5) is 6.70.